The van der Waals surface area contributed by atoms with Crippen molar-refractivity contribution in [1.82, 2.24) is 0 Å². The monoisotopic (exact) mass is 267 g/mol. The number of carbonyl (C=O) groups excluding carboxylic acids is 1. The molecule has 0 aromatic heterocycles. The van der Waals surface area contributed by atoms with Crippen molar-refractivity contribution in [2.24, 2.45) is 23.2 Å². The Morgan fingerprint density at radius 2 is 1.85 bits per heavy atom. The maximum Gasteiger partial charge on any atom is 0.233 e. The largest absolute Gasteiger partial charge is 0.311 e. The third-order valence-electron chi connectivity index (χ3n) is 6.55. The minimum atomic E-state index is 0.0328. The Kier molecular flexibility index (Phi) is 2.08. The van der Waals surface area contributed by atoms with E-state index < -0.39 is 0 Å². The van der Waals surface area contributed by atoms with Crippen molar-refractivity contribution in [3.8, 4) is 0 Å². The Bertz CT molecular complexity index is 579. The van der Waals surface area contributed by atoms with Crippen LogP contribution in [0.5, 0.6) is 0 Å². The molecular weight excluding hydrogens is 246 g/mol. The average molecular weight is 267 g/mol. The summed E-state index contributed by atoms with van der Waals surface area (Å²) in [5.41, 5.74) is 2.58. The van der Waals surface area contributed by atoms with Gasteiger partial charge in [0.2, 0.25) is 5.91 Å². The van der Waals surface area contributed by atoms with E-state index in [2.05, 4.69) is 29.2 Å². The molecule has 1 aromatic carbocycles. The Morgan fingerprint density at radius 3 is 2.65 bits per heavy atom. The van der Waals surface area contributed by atoms with E-state index in [1.165, 1.54) is 43.4 Å². The minimum Gasteiger partial charge on any atom is -0.311 e. The van der Waals surface area contributed by atoms with Gasteiger partial charge in [0, 0.05) is 12.2 Å². The third-order valence-corrected chi connectivity index (χ3v) is 6.55. The Labute approximate surface area is 120 Å². The van der Waals surface area contributed by atoms with Crippen molar-refractivity contribution >= 4 is 11.6 Å². The molecule has 0 spiro atoms. The summed E-state index contributed by atoms with van der Waals surface area (Å²) in [5.74, 6) is 2.88. The molecule has 4 aliphatic carbocycles. The molecule has 4 bridgehead atoms. The number of carbonyl (C=O) groups is 1. The standard InChI is InChI=1S/C18H21NO/c20-17(19-6-5-14-3-1-2-4-16(14)19)18-10-12-7-13(11-18)9-15(18)8-12/h1-4,12-13,15H,5-11H2/t12-,13+,15?,18?. The number of hydrogen-bond donors (Lipinski definition) is 0. The lowest BCUT2D eigenvalue weighted by Gasteiger charge is -2.35. The first kappa shape index (κ1) is 11.4. The van der Waals surface area contributed by atoms with Gasteiger partial charge in [-0.3, -0.25) is 4.79 Å². The lowest BCUT2D eigenvalue weighted by atomic mass is 9.74. The van der Waals surface area contributed by atoms with E-state index >= 15 is 0 Å². The molecule has 4 fully saturated rings. The van der Waals surface area contributed by atoms with Crippen LogP contribution >= 0.6 is 0 Å². The van der Waals surface area contributed by atoms with Crippen LogP contribution in [0.1, 0.15) is 37.7 Å². The van der Waals surface area contributed by atoms with Crippen molar-refractivity contribution in [2.75, 3.05) is 11.4 Å². The highest BCUT2D eigenvalue weighted by atomic mass is 16.2. The first-order chi connectivity index (χ1) is 9.76. The van der Waals surface area contributed by atoms with E-state index in [1.54, 1.807) is 0 Å². The summed E-state index contributed by atoms with van der Waals surface area (Å²) < 4.78 is 0. The fourth-order valence-corrected chi connectivity index (χ4v) is 5.96. The zero-order valence-corrected chi connectivity index (χ0v) is 11.8. The molecule has 5 aliphatic rings. The van der Waals surface area contributed by atoms with Gasteiger partial charge in [0.05, 0.1) is 5.41 Å². The summed E-state index contributed by atoms with van der Waals surface area (Å²) in [7, 11) is 0. The second-order valence-electron chi connectivity index (χ2n) is 7.54. The predicted octanol–water partition coefficient (Wildman–Crippen LogP) is 3.40. The summed E-state index contributed by atoms with van der Waals surface area (Å²) in [4.78, 5) is 15.4. The number of rotatable bonds is 1. The van der Waals surface area contributed by atoms with Crippen LogP contribution < -0.4 is 4.90 Å². The second-order valence-corrected chi connectivity index (χ2v) is 7.54. The van der Waals surface area contributed by atoms with Crippen LogP contribution in [-0.4, -0.2) is 12.5 Å². The lowest BCUT2D eigenvalue weighted by molar-refractivity contribution is -0.129. The molecule has 20 heavy (non-hydrogen) atoms. The minimum absolute atomic E-state index is 0.0328. The smallest absolute Gasteiger partial charge is 0.233 e. The van der Waals surface area contributed by atoms with Gasteiger partial charge in [-0.1, -0.05) is 18.2 Å². The van der Waals surface area contributed by atoms with Gasteiger partial charge >= 0.3 is 0 Å². The summed E-state index contributed by atoms with van der Waals surface area (Å²) in [6.07, 6.45) is 7.48. The predicted molar refractivity (Wildman–Crippen MR) is 78.5 cm³/mol. The zero-order chi connectivity index (χ0) is 13.3. The first-order valence-electron chi connectivity index (χ1n) is 8.16. The highest BCUT2D eigenvalue weighted by Gasteiger charge is 2.62. The molecule has 1 aromatic rings. The highest BCUT2D eigenvalue weighted by Crippen LogP contribution is 2.66. The molecule has 6 rings (SSSR count). The van der Waals surface area contributed by atoms with Gasteiger partial charge in [-0.05, 0) is 67.9 Å². The fraction of sp³-hybridized carbons (Fsp3) is 0.611. The van der Waals surface area contributed by atoms with Crippen LogP contribution in [0.3, 0.4) is 0 Å². The summed E-state index contributed by atoms with van der Waals surface area (Å²) in [5, 5.41) is 0. The fourth-order valence-electron chi connectivity index (χ4n) is 5.96. The van der Waals surface area contributed by atoms with Crippen LogP contribution in [-0.2, 0) is 11.2 Å². The van der Waals surface area contributed by atoms with Crippen molar-refractivity contribution in [3.63, 3.8) is 0 Å². The van der Waals surface area contributed by atoms with Crippen molar-refractivity contribution < 1.29 is 4.79 Å². The molecule has 4 saturated carbocycles. The lowest BCUT2D eigenvalue weighted by Crippen LogP contribution is -2.44. The molecule has 1 heterocycles. The second kappa shape index (κ2) is 3.66. The van der Waals surface area contributed by atoms with Gasteiger partial charge in [-0.25, -0.2) is 0 Å². The van der Waals surface area contributed by atoms with E-state index in [0.717, 1.165) is 24.8 Å². The quantitative estimate of drug-likeness (QED) is 0.763. The normalized spacial score (nSPS) is 40.4. The number of para-hydroxylation sites is 1. The molecule has 0 N–H and O–H groups in total. The molecular formula is C18H21NO. The third kappa shape index (κ3) is 1.28. The summed E-state index contributed by atoms with van der Waals surface area (Å²) in [6.45, 7) is 0.905. The van der Waals surface area contributed by atoms with Crippen LogP contribution in [0.4, 0.5) is 5.69 Å². The first-order valence-corrected chi connectivity index (χ1v) is 8.16. The molecule has 104 valence electrons. The number of fused-ring (bicyclic) bond motifs is 1. The maximum absolute atomic E-state index is 13.3. The van der Waals surface area contributed by atoms with Crippen LogP contribution in [0.15, 0.2) is 24.3 Å². The average Bonchev–Trinajstić information content (AvgIpc) is 3.06. The van der Waals surface area contributed by atoms with Gasteiger partial charge in [0.1, 0.15) is 0 Å². The molecule has 0 saturated heterocycles. The van der Waals surface area contributed by atoms with E-state index in [4.69, 9.17) is 0 Å². The Hall–Kier alpha value is -1.31. The molecule has 2 heteroatoms. The summed E-state index contributed by atoms with van der Waals surface area (Å²) >= 11 is 0. The zero-order valence-electron chi connectivity index (χ0n) is 11.8. The van der Waals surface area contributed by atoms with E-state index in [1.807, 2.05) is 0 Å². The molecule has 2 nitrogen and oxygen atoms in total. The Balaban J connectivity index is 1.53. The maximum atomic E-state index is 13.3. The van der Waals surface area contributed by atoms with Gasteiger partial charge in [0.15, 0.2) is 0 Å². The molecule has 1 amide bonds. The SMILES string of the molecule is O=C(N1CCc2ccccc21)C12C[C@@H]3CC1C[C@@H](C3)C2. The number of amides is 1. The highest BCUT2D eigenvalue weighted by molar-refractivity contribution is 6.00. The van der Waals surface area contributed by atoms with Crippen molar-refractivity contribution in [1.29, 1.82) is 0 Å². The number of nitrogens with zero attached hydrogens (tertiary/aromatic N) is 1. The van der Waals surface area contributed by atoms with Crippen molar-refractivity contribution in [2.45, 2.75) is 38.5 Å². The number of hydrogen-bond acceptors (Lipinski definition) is 1. The van der Waals surface area contributed by atoms with E-state index in [0.29, 0.717) is 11.8 Å². The molecule has 1 aliphatic heterocycles. The van der Waals surface area contributed by atoms with Crippen LogP contribution in [0.2, 0.25) is 0 Å². The Morgan fingerprint density at radius 1 is 1.10 bits per heavy atom. The van der Waals surface area contributed by atoms with Gasteiger partial charge in [-0.2, -0.15) is 0 Å². The van der Waals surface area contributed by atoms with E-state index in [9.17, 15) is 4.79 Å². The van der Waals surface area contributed by atoms with Crippen LogP contribution in [0.25, 0.3) is 0 Å². The van der Waals surface area contributed by atoms with Gasteiger partial charge in [0.25, 0.3) is 0 Å². The molecule has 0 radical (unpaired) electrons. The van der Waals surface area contributed by atoms with Gasteiger partial charge < -0.3 is 4.90 Å². The van der Waals surface area contributed by atoms with Crippen LogP contribution in [0, 0.1) is 23.2 Å². The topological polar surface area (TPSA) is 20.3 Å². The molecule has 4 atom stereocenters. The van der Waals surface area contributed by atoms with Crippen molar-refractivity contribution in [3.05, 3.63) is 29.8 Å². The molecule has 2 unspecified atom stereocenters. The van der Waals surface area contributed by atoms with E-state index in [-0.39, 0.29) is 5.41 Å². The van der Waals surface area contributed by atoms with Gasteiger partial charge in [-0.15, -0.1) is 0 Å². The summed E-state index contributed by atoms with van der Waals surface area (Å²) in [6, 6.07) is 8.48. The number of anilines is 1. The number of benzene rings is 1.